The van der Waals surface area contributed by atoms with Gasteiger partial charge in [0.15, 0.2) is 0 Å². The number of nitrogens with zero attached hydrogens (tertiary/aromatic N) is 1. The average molecular weight is 363 g/mol. The summed E-state index contributed by atoms with van der Waals surface area (Å²) in [6.45, 7) is 6.17. The molecule has 1 heterocycles. The Morgan fingerprint density at radius 3 is 2.47 bits per heavy atom. The molecule has 2 atom stereocenters. The molecule has 2 rings (SSSR count). The van der Waals surface area contributed by atoms with Crippen LogP contribution in [0.4, 0.5) is 5.69 Å². The SMILES string of the molecule is CC1CN(c2ccc(CBr)cc2Br)CC(C)O1. The maximum atomic E-state index is 5.76. The molecule has 0 bridgehead atoms. The molecule has 4 heteroatoms. The van der Waals surface area contributed by atoms with Crippen molar-refractivity contribution in [1.82, 2.24) is 0 Å². The van der Waals surface area contributed by atoms with Gasteiger partial charge in [-0.05, 0) is 47.5 Å². The molecule has 1 aliphatic rings. The van der Waals surface area contributed by atoms with Gasteiger partial charge in [-0.1, -0.05) is 22.0 Å². The van der Waals surface area contributed by atoms with Crippen molar-refractivity contribution in [2.24, 2.45) is 0 Å². The van der Waals surface area contributed by atoms with Crippen molar-refractivity contribution in [3.63, 3.8) is 0 Å². The number of hydrogen-bond acceptors (Lipinski definition) is 2. The molecule has 1 aromatic rings. The summed E-state index contributed by atoms with van der Waals surface area (Å²) >= 11 is 7.14. The van der Waals surface area contributed by atoms with Crippen molar-refractivity contribution in [2.45, 2.75) is 31.4 Å². The van der Waals surface area contributed by atoms with Crippen LogP contribution in [0.5, 0.6) is 0 Å². The minimum Gasteiger partial charge on any atom is -0.372 e. The predicted molar refractivity (Wildman–Crippen MR) is 79.0 cm³/mol. The molecular formula is C13H17Br2NO. The van der Waals surface area contributed by atoms with Crippen LogP contribution in [0.3, 0.4) is 0 Å². The first-order valence-corrected chi connectivity index (χ1v) is 7.76. The first kappa shape index (κ1) is 13.4. The van der Waals surface area contributed by atoms with Gasteiger partial charge in [0.05, 0.1) is 17.9 Å². The second-order valence-electron chi connectivity index (χ2n) is 4.58. The third-order valence-corrected chi connectivity index (χ3v) is 4.21. The number of benzene rings is 1. The summed E-state index contributed by atoms with van der Waals surface area (Å²) in [4.78, 5) is 2.39. The summed E-state index contributed by atoms with van der Waals surface area (Å²) in [5, 5.41) is 0.891. The zero-order chi connectivity index (χ0) is 12.4. The van der Waals surface area contributed by atoms with Crippen LogP contribution >= 0.6 is 31.9 Å². The molecule has 2 nitrogen and oxygen atoms in total. The Balaban J connectivity index is 2.21. The fraction of sp³-hybridized carbons (Fsp3) is 0.538. The molecule has 17 heavy (non-hydrogen) atoms. The number of anilines is 1. The van der Waals surface area contributed by atoms with Crippen LogP contribution in [0.25, 0.3) is 0 Å². The van der Waals surface area contributed by atoms with E-state index in [1.54, 1.807) is 0 Å². The molecule has 2 unspecified atom stereocenters. The standard InChI is InChI=1S/C13H17Br2NO/c1-9-7-16(8-10(2)17-9)13-4-3-11(6-14)5-12(13)15/h3-5,9-10H,6-8H2,1-2H3. The van der Waals surface area contributed by atoms with E-state index in [-0.39, 0.29) is 0 Å². The minimum atomic E-state index is 0.293. The average Bonchev–Trinajstić information content (AvgIpc) is 2.27. The van der Waals surface area contributed by atoms with E-state index in [0.717, 1.165) is 22.9 Å². The second kappa shape index (κ2) is 5.72. The van der Waals surface area contributed by atoms with Crippen molar-refractivity contribution in [3.05, 3.63) is 28.2 Å². The van der Waals surface area contributed by atoms with E-state index in [0.29, 0.717) is 12.2 Å². The lowest BCUT2D eigenvalue weighted by Gasteiger charge is -2.37. The Kier molecular flexibility index (Phi) is 4.50. The summed E-state index contributed by atoms with van der Waals surface area (Å²) in [6.07, 6.45) is 0.586. The summed E-state index contributed by atoms with van der Waals surface area (Å²) in [5.41, 5.74) is 2.55. The molecule has 0 aliphatic carbocycles. The van der Waals surface area contributed by atoms with Crippen molar-refractivity contribution < 1.29 is 4.74 Å². The van der Waals surface area contributed by atoms with Gasteiger partial charge in [0.2, 0.25) is 0 Å². The Morgan fingerprint density at radius 2 is 1.94 bits per heavy atom. The van der Waals surface area contributed by atoms with E-state index in [4.69, 9.17) is 4.74 Å². The Hall–Kier alpha value is -0.0600. The molecule has 1 aliphatic heterocycles. The van der Waals surface area contributed by atoms with Gasteiger partial charge < -0.3 is 9.64 Å². The van der Waals surface area contributed by atoms with Crippen LogP contribution in [0, 0.1) is 0 Å². The van der Waals surface area contributed by atoms with Gasteiger partial charge in [0, 0.05) is 22.9 Å². The van der Waals surface area contributed by atoms with Gasteiger partial charge in [-0.3, -0.25) is 0 Å². The van der Waals surface area contributed by atoms with Crippen LogP contribution in [-0.4, -0.2) is 25.3 Å². The number of alkyl halides is 1. The van der Waals surface area contributed by atoms with Crippen LogP contribution in [0.1, 0.15) is 19.4 Å². The fourth-order valence-electron chi connectivity index (χ4n) is 2.26. The lowest BCUT2D eigenvalue weighted by Crippen LogP contribution is -2.45. The van der Waals surface area contributed by atoms with E-state index in [2.05, 4.69) is 68.8 Å². The molecule has 94 valence electrons. The van der Waals surface area contributed by atoms with Gasteiger partial charge in [-0.2, -0.15) is 0 Å². The summed E-state index contributed by atoms with van der Waals surface area (Å²) in [6, 6.07) is 6.53. The summed E-state index contributed by atoms with van der Waals surface area (Å²) in [7, 11) is 0. The summed E-state index contributed by atoms with van der Waals surface area (Å²) < 4.78 is 6.92. The molecule has 0 aromatic heterocycles. The molecule has 1 saturated heterocycles. The normalized spacial score (nSPS) is 25.1. The molecule has 0 saturated carbocycles. The maximum absolute atomic E-state index is 5.76. The first-order chi connectivity index (χ1) is 8.10. The topological polar surface area (TPSA) is 12.5 Å². The van der Waals surface area contributed by atoms with E-state index < -0.39 is 0 Å². The minimum absolute atomic E-state index is 0.293. The number of halogens is 2. The van der Waals surface area contributed by atoms with Crippen molar-refractivity contribution in [1.29, 1.82) is 0 Å². The highest BCUT2D eigenvalue weighted by atomic mass is 79.9. The van der Waals surface area contributed by atoms with E-state index >= 15 is 0 Å². The fourth-order valence-corrected chi connectivity index (χ4v) is 3.29. The Labute approximate surface area is 120 Å². The molecule has 0 spiro atoms. The zero-order valence-corrected chi connectivity index (χ0v) is 13.3. The zero-order valence-electron chi connectivity index (χ0n) is 10.1. The second-order valence-corrected chi connectivity index (χ2v) is 6.00. The largest absolute Gasteiger partial charge is 0.372 e. The molecular weight excluding hydrogens is 346 g/mol. The van der Waals surface area contributed by atoms with Crippen molar-refractivity contribution in [2.75, 3.05) is 18.0 Å². The van der Waals surface area contributed by atoms with Crippen LogP contribution < -0.4 is 4.90 Å². The van der Waals surface area contributed by atoms with Gasteiger partial charge in [0.1, 0.15) is 0 Å². The number of rotatable bonds is 2. The lowest BCUT2D eigenvalue weighted by atomic mass is 10.1. The van der Waals surface area contributed by atoms with Gasteiger partial charge in [0.25, 0.3) is 0 Å². The molecule has 0 N–H and O–H groups in total. The molecule has 1 fully saturated rings. The van der Waals surface area contributed by atoms with E-state index in [1.807, 2.05) is 0 Å². The Morgan fingerprint density at radius 1 is 1.29 bits per heavy atom. The number of ether oxygens (including phenoxy) is 1. The Bertz CT molecular complexity index is 387. The highest BCUT2D eigenvalue weighted by Crippen LogP contribution is 2.30. The number of morpholine rings is 1. The van der Waals surface area contributed by atoms with Gasteiger partial charge in [-0.15, -0.1) is 0 Å². The first-order valence-electron chi connectivity index (χ1n) is 5.85. The van der Waals surface area contributed by atoms with Gasteiger partial charge >= 0.3 is 0 Å². The highest BCUT2D eigenvalue weighted by molar-refractivity contribution is 9.10. The van der Waals surface area contributed by atoms with Crippen molar-refractivity contribution in [3.8, 4) is 0 Å². The highest BCUT2D eigenvalue weighted by Gasteiger charge is 2.23. The van der Waals surface area contributed by atoms with Crippen LogP contribution in [0.2, 0.25) is 0 Å². The monoisotopic (exact) mass is 361 g/mol. The smallest absolute Gasteiger partial charge is 0.0726 e. The molecule has 0 amide bonds. The van der Waals surface area contributed by atoms with Gasteiger partial charge in [-0.25, -0.2) is 0 Å². The van der Waals surface area contributed by atoms with Crippen LogP contribution in [-0.2, 0) is 10.1 Å². The van der Waals surface area contributed by atoms with E-state index in [9.17, 15) is 0 Å². The maximum Gasteiger partial charge on any atom is 0.0726 e. The predicted octanol–water partition coefficient (Wildman–Crippen LogP) is 3.96. The van der Waals surface area contributed by atoms with Crippen LogP contribution in [0.15, 0.2) is 22.7 Å². The number of hydrogen-bond donors (Lipinski definition) is 0. The lowest BCUT2D eigenvalue weighted by molar-refractivity contribution is -0.00525. The van der Waals surface area contributed by atoms with E-state index in [1.165, 1.54) is 11.3 Å². The quantitative estimate of drug-likeness (QED) is 0.738. The third-order valence-electron chi connectivity index (χ3n) is 2.93. The molecule has 0 radical (unpaired) electrons. The third kappa shape index (κ3) is 3.24. The van der Waals surface area contributed by atoms with Crippen molar-refractivity contribution >= 4 is 37.5 Å². The summed E-state index contributed by atoms with van der Waals surface area (Å²) in [5.74, 6) is 0. The molecule has 1 aromatic carbocycles.